The van der Waals surface area contributed by atoms with Crippen molar-refractivity contribution in [3.05, 3.63) is 71.0 Å². The van der Waals surface area contributed by atoms with Gasteiger partial charge in [-0.05, 0) is 43.2 Å². The van der Waals surface area contributed by atoms with E-state index in [-0.39, 0.29) is 12.3 Å². The highest BCUT2D eigenvalue weighted by atomic mass is 19.1. The minimum atomic E-state index is -0.659. The van der Waals surface area contributed by atoms with Gasteiger partial charge in [0.1, 0.15) is 5.82 Å². The summed E-state index contributed by atoms with van der Waals surface area (Å²) in [7, 11) is 0. The maximum absolute atomic E-state index is 13.6. The van der Waals surface area contributed by atoms with Crippen molar-refractivity contribution in [3.63, 3.8) is 0 Å². The molecule has 138 valence electrons. The van der Waals surface area contributed by atoms with Gasteiger partial charge in [0.15, 0.2) is 0 Å². The molecule has 0 radical (unpaired) electrons. The molecule has 26 heavy (non-hydrogen) atoms. The van der Waals surface area contributed by atoms with E-state index in [9.17, 15) is 14.0 Å². The fourth-order valence-corrected chi connectivity index (χ4v) is 2.48. The first-order valence-electron chi connectivity index (χ1n) is 8.78. The van der Waals surface area contributed by atoms with E-state index in [0.717, 1.165) is 18.4 Å². The number of hydrogen-bond donors (Lipinski definition) is 1. The molecule has 2 rings (SSSR count). The summed E-state index contributed by atoms with van der Waals surface area (Å²) in [6, 6.07) is 12.3. The van der Waals surface area contributed by atoms with E-state index in [0.29, 0.717) is 17.7 Å². The van der Waals surface area contributed by atoms with Gasteiger partial charge in [0.25, 0.3) is 5.91 Å². The van der Waals surface area contributed by atoms with Crippen LogP contribution >= 0.6 is 0 Å². The molecule has 1 unspecified atom stereocenters. The fourth-order valence-electron chi connectivity index (χ4n) is 2.48. The molecule has 0 heterocycles. The summed E-state index contributed by atoms with van der Waals surface area (Å²) in [6.45, 7) is 4.28. The van der Waals surface area contributed by atoms with Crippen molar-refractivity contribution in [2.24, 2.45) is 0 Å². The van der Waals surface area contributed by atoms with Gasteiger partial charge in [-0.3, -0.25) is 9.59 Å². The van der Waals surface area contributed by atoms with Crippen molar-refractivity contribution < 1.29 is 18.7 Å². The maximum Gasteiger partial charge on any atom is 0.308 e. The van der Waals surface area contributed by atoms with Crippen LogP contribution in [-0.4, -0.2) is 18.5 Å². The molecule has 1 atom stereocenters. The number of aryl methyl sites for hydroxylation is 1. The third-order valence-electron chi connectivity index (χ3n) is 4.00. The molecule has 0 spiro atoms. The number of hydrogen-bond acceptors (Lipinski definition) is 3. The number of halogens is 1. The second-order valence-electron chi connectivity index (χ2n) is 6.23. The topological polar surface area (TPSA) is 55.4 Å². The third-order valence-corrected chi connectivity index (χ3v) is 4.00. The molecule has 0 aromatic heterocycles. The highest BCUT2D eigenvalue weighted by molar-refractivity contribution is 5.94. The molecule has 0 bridgehead atoms. The fraction of sp³-hybridized carbons (Fsp3) is 0.333. The van der Waals surface area contributed by atoms with Crippen molar-refractivity contribution in [1.82, 2.24) is 5.32 Å². The van der Waals surface area contributed by atoms with Crippen molar-refractivity contribution in [2.75, 3.05) is 6.61 Å². The predicted octanol–water partition coefficient (Wildman–Crippen LogP) is 4.34. The second kappa shape index (κ2) is 9.70. The molecular weight excluding hydrogens is 333 g/mol. The molecule has 2 aromatic carbocycles. The van der Waals surface area contributed by atoms with Crippen LogP contribution in [0.4, 0.5) is 4.39 Å². The smallest absolute Gasteiger partial charge is 0.308 e. The van der Waals surface area contributed by atoms with Gasteiger partial charge in [-0.2, -0.15) is 0 Å². The molecule has 0 aliphatic carbocycles. The Labute approximate surface area is 153 Å². The SMILES string of the molecule is CCCCOC(=O)CC(NC(=O)c1ccc(C)cc1)c1cccc(F)c1. The van der Waals surface area contributed by atoms with Crippen molar-refractivity contribution in [1.29, 1.82) is 0 Å². The number of carbonyl (C=O) groups is 2. The molecule has 4 nitrogen and oxygen atoms in total. The Morgan fingerprint density at radius 2 is 1.88 bits per heavy atom. The Morgan fingerprint density at radius 1 is 1.15 bits per heavy atom. The highest BCUT2D eigenvalue weighted by Gasteiger charge is 2.20. The van der Waals surface area contributed by atoms with Crippen LogP contribution in [0.3, 0.4) is 0 Å². The molecule has 0 aliphatic heterocycles. The van der Waals surface area contributed by atoms with Crippen LogP contribution in [0.5, 0.6) is 0 Å². The quantitative estimate of drug-likeness (QED) is 0.565. The van der Waals surface area contributed by atoms with Crippen LogP contribution in [0, 0.1) is 12.7 Å². The average molecular weight is 357 g/mol. The molecular formula is C21H24FNO3. The van der Waals surface area contributed by atoms with Gasteiger partial charge in [0.2, 0.25) is 0 Å². The largest absolute Gasteiger partial charge is 0.466 e. The number of ether oxygens (including phenoxy) is 1. The van der Waals surface area contributed by atoms with Crippen molar-refractivity contribution in [2.45, 2.75) is 39.2 Å². The van der Waals surface area contributed by atoms with Gasteiger partial charge in [0.05, 0.1) is 19.1 Å². The van der Waals surface area contributed by atoms with Crippen molar-refractivity contribution in [3.8, 4) is 0 Å². The van der Waals surface area contributed by atoms with E-state index in [4.69, 9.17) is 4.74 Å². The van der Waals surface area contributed by atoms with E-state index in [1.165, 1.54) is 12.1 Å². The zero-order valence-electron chi connectivity index (χ0n) is 15.1. The zero-order chi connectivity index (χ0) is 18.9. The number of benzene rings is 2. The van der Waals surface area contributed by atoms with Gasteiger partial charge in [-0.15, -0.1) is 0 Å². The summed E-state index contributed by atoms with van der Waals surface area (Å²) in [5.74, 6) is -1.16. The summed E-state index contributed by atoms with van der Waals surface area (Å²) in [6.07, 6.45) is 1.65. The average Bonchev–Trinajstić information content (AvgIpc) is 2.62. The summed E-state index contributed by atoms with van der Waals surface area (Å²) < 4.78 is 18.8. The Hall–Kier alpha value is -2.69. The van der Waals surface area contributed by atoms with E-state index in [1.807, 2.05) is 26.0 Å². The lowest BCUT2D eigenvalue weighted by Crippen LogP contribution is -2.30. The normalized spacial score (nSPS) is 11.7. The first kappa shape index (κ1) is 19.6. The van der Waals surface area contributed by atoms with E-state index < -0.39 is 17.8 Å². The number of carbonyl (C=O) groups excluding carboxylic acids is 2. The van der Waals surface area contributed by atoms with Gasteiger partial charge in [-0.25, -0.2) is 4.39 Å². The van der Waals surface area contributed by atoms with Crippen LogP contribution in [0.2, 0.25) is 0 Å². The number of esters is 1. The monoisotopic (exact) mass is 357 g/mol. The molecule has 2 aromatic rings. The Morgan fingerprint density at radius 3 is 2.54 bits per heavy atom. The van der Waals surface area contributed by atoms with E-state index in [2.05, 4.69) is 5.32 Å². The third kappa shape index (κ3) is 5.99. The van der Waals surface area contributed by atoms with E-state index in [1.54, 1.807) is 24.3 Å². The number of unbranched alkanes of at least 4 members (excludes halogenated alkanes) is 1. The molecule has 0 saturated carbocycles. The lowest BCUT2D eigenvalue weighted by molar-refractivity contribution is -0.144. The van der Waals surface area contributed by atoms with Gasteiger partial charge < -0.3 is 10.1 Å². The van der Waals surface area contributed by atoms with Crippen LogP contribution in [-0.2, 0) is 9.53 Å². The Kier molecular flexibility index (Phi) is 7.33. The van der Waals surface area contributed by atoms with Crippen molar-refractivity contribution >= 4 is 11.9 Å². The summed E-state index contributed by atoms with van der Waals surface area (Å²) in [5.41, 5.74) is 2.05. The summed E-state index contributed by atoms with van der Waals surface area (Å²) in [4.78, 5) is 24.6. The predicted molar refractivity (Wildman–Crippen MR) is 98.3 cm³/mol. The maximum atomic E-state index is 13.6. The summed E-state index contributed by atoms with van der Waals surface area (Å²) >= 11 is 0. The van der Waals surface area contributed by atoms with E-state index >= 15 is 0 Å². The minimum absolute atomic E-state index is 0.0508. The standard InChI is InChI=1S/C21H24FNO3/c1-3-4-12-26-20(24)14-19(17-6-5-7-18(22)13-17)23-21(25)16-10-8-15(2)9-11-16/h5-11,13,19H,3-4,12,14H2,1-2H3,(H,23,25). The first-order valence-corrected chi connectivity index (χ1v) is 8.78. The molecule has 5 heteroatoms. The molecule has 1 N–H and O–H groups in total. The molecule has 0 saturated heterocycles. The first-order chi connectivity index (χ1) is 12.5. The molecule has 0 aliphatic rings. The summed E-state index contributed by atoms with van der Waals surface area (Å²) in [5, 5.41) is 2.81. The minimum Gasteiger partial charge on any atom is -0.466 e. The number of rotatable bonds is 8. The highest BCUT2D eigenvalue weighted by Crippen LogP contribution is 2.20. The van der Waals surface area contributed by atoms with Gasteiger partial charge >= 0.3 is 5.97 Å². The zero-order valence-corrected chi connectivity index (χ0v) is 15.1. The van der Waals surface area contributed by atoms with Gasteiger partial charge in [0, 0.05) is 5.56 Å². The Bertz CT molecular complexity index is 743. The number of amides is 1. The lowest BCUT2D eigenvalue weighted by atomic mass is 10.0. The molecule has 1 amide bonds. The number of nitrogens with one attached hydrogen (secondary N) is 1. The van der Waals surface area contributed by atoms with Crippen LogP contribution < -0.4 is 5.32 Å². The molecule has 0 fully saturated rings. The van der Waals surface area contributed by atoms with Crippen LogP contribution in [0.1, 0.15) is 53.7 Å². The van der Waals surface area contributed by atoms with Crippen LogP contribution in [0.15, 0.2) is 48.5 Å². The lowest BCUT2D eigenvalue weighted by Gasteiger charge is -2.19. The second-order valence-corrected chi connectivity index (χ2v) is 6.23. The van der Waals surface area contributed by atoms with Gasteiger partial charge in [-0.1, -0.05) is 43.2 Å². The Balaban J connectivity index is 2.13. The van der Waals surface area contributed by atoms with Crippen LogP contribution in [0.25, 0.3) is 0 Å².